The largest absolute Gasteiger partial charge is 0.257 e. The van der Waals surface area contributed by atoms with Gasteiger partial charge in [-0.05, 0) is 24.8 Å². The van der Waals surface area contributed by atoms with Crippen LogP contribution >= 0.6 is 11.8 Å². The Labute approximate surface area is 110 Å². The Morgan fingerprint density at radius 2 is 2.17 bits per heavy atom. The summed E-state index contributed by atoms with van der Waals surface area (Å²) in [6.07, 6.45) is 3.22. The van der Waals surface area contributed by atoms with Gasteiger partial charge in [0.15, 0.2) is 10.7 Å². The molecule has 0 aliphatic rings. The van der Waals surface area contributed by atoms with Crippen LogP contribution in [0.15, 0.2) is 22.2 Å². The standard InChI is InChI=1S/C10H14N4O2S2/c1-3-4-7-10(18(11,15)16)14-8(12-7)5-6-9(13-14)17-2/h5-6H,3-4H2,1-2H3,(H2,11,15,16). The topological polar surface area (TPSA) is 90.3 Å². The van der Waals surface area contributed by atoms with Crippen LogP contribution in [-0.2, 0) is 16.4 Å². The average Bonchev–Trinajstić information content (AvgIpc) is 2.65. The molecule has 0 spiro atoms. The molecular formula is C10H14N4O2S2. The van der Waals surface area contributed by atoms with E-state index in [1.165, 1.54) is 16.3 Å². The summed E-state index contributed by atoms with van der Waals surface area (Å²) in [6.45, 7) is 1.96. The highest BCUT2D eigenvalue weighted by Crippen LogP contribution is 2.20. The first kappa shape index (κ1) is 13.3. The van der Waals surface area contributed by atoms with Gasteiger partial charge in [-0.15, -0.1) is 11.8 Å². The zero-order chi connectivity index (χ0) is 13.3. The third-order valence-electron chi connectivity index (χ3n) is 2.44. The summed E-state index contributed by atoms with van der Waals surface area (Å²) in [7, 11) is -3.84. The van der Waals surface area contributed by atoms with E-state index in [1.54, 1.807) is 12.1 Å². The molecule has 2 N–H and O–H groups in total. The number of nitrogens with two attached hydrogens (primary N) is 1. The molecule has 0 aliphatic carbocycles. The summed E-state index contributed by atoms with van der Waals surface area (Å²) in [6, 6.07) is 3.54. The molecule has 8 heteroatoms. The van der Waals surface area contributed by atoms with Crippen LogP contribution < -0.4 is 5.14 Å². The highest BCUT2D eigenvalue weighted by atomic mass is 32.2. The monoisotopic (exact) mass is 286 g/mol. The molecular weight excluding hydrogens is 272 g/mol. The Morgan fingerprint density at radius 1 is 1.44 bits per heavy atom. The molecule has 0 aromatic carbocycles. The van der Waals surface area contributed by atoms with E-state index in [-0.39, 0.29) is 5.03 Å². The molecule has 98 valence electrons. The molecule has 0 aliphatic heterocycles. The molecule has 2 rings (SSSR count). The van der Waals surface area contributed by atoms with Gasteiger partial charge in [0.05, 0.1) is 5.69 Å². The Hall–Kier alpha value is -1.12. The number of hydrogen-bond acceptors (Lipinski definition) is 5. The van der Waals surface area contributed by atoms with Gasteiger partial charge in [-0.2, -0.15) is 9.61 Å². The van der Waals surface area contributed by atoms with Gasteiger partial charge in [-0.1, -0.05) is 13.3 Å². The van der Waals surface area contributed by atoms with E-state index in [0.29, 0.717) is 22.8 Å². The van der Waals surface area contributed by atoms with E-state index < -0.39 is 10.0 Å². The van der Waals surface area contributed by atoms with E-state index in [9.17, 15) is 8.42 Å². The van der Waals surface area contributed by atoms with Gasteiger partial charge >= 0.3 is 0 Å². The minimum atomic E-state index is -3.84. The molecule has 0 radical (unpaired) electrons. The van der Waals surface area contributed by atoms with Gasteiger partial charge in [0.1, 0.15) is 5.03 Å². The Kier molecular flexibility index (Phi) is 3.60. The maximum absolute atomic E-state index is 11.7. The normalized spacial score (nSPS) is 12.2. The highest BCUT2D eigenvalue weighted by Gasteiger charge is 2.22. The van der Waals surface area contributed by atoms with E-state index in [1.807, 2.05) is 13.2 Å². The minimum absolute atomic E-state index is 0.00440. The quantitative estimate of drug-likeness (QED) is 0.848. The Balaban J connectivity index is 2.78. The lowest BCUT2D eigenvalue weighted by Gasteiger charge is -2.01. The number of sulfonamides is 1. The molecule has 6 nitrogen and oxygen atoms in total. The fourth-order valence-corrected chi connectivity index (χ4v) is 2.95. The second-order valence-electron chi connectivity index (χ2n) is 3.80. The van der Waals surface area contributed by atoms with Crippen molar-refractivity contribution in [2.45, 2.75) is 29.8 Å². The van der Waals surface area contributed by atoms with Crippen molar-refractivity contribution < 1.29 is 8.42 Å². The predicted octanol–water partition coefficient (Wildman–Crippen LogP) is 1.05. The van der Waals surface area contributed by atoms with E-state index in [2.05, 4.69) is 10.1 Å². The van der Waals surface area contributed by atoms with Crippen LogP contribution in [0.2, 0.25) is 0 Å². The van der Waals surface area contributed by atoms with Crippen molar-refractivity contribution in [3.8, 4) is 0 Å². The fourth-order valence-electron chi connectivity index (χ4n) is 1.74. The summed E-state index contributed by atoms with van der Waals surface area (Å²) >= 11 is 1.43. The molecule has 0 unspecified atom stereocenters. The summed E-state index contributed by atoms with van der Waals surface area (Å²) in [5.74, 6) is 0. The molecule has 2 heterocycles. The zero-order valence-corrected chi connectivity index (χ0v) is 11.8. The molecule has 2 aromatic rings. The maximum atomic E-state index is 11.7. The van der Waals surface area contributed by atoms with Crippen molar-refractivity contribution in [2.24, 2.45) is 5.14 Å². The Bertz CT molecular complexity index is 678. The third kappa shape index (κ3) is 2.36. The number of imidazole rings is 1. The zero-order valence-electron chi connectivity index (χ0n) is 10.1. The average molecular weight is 286 g/mol. The predicted molar refractivity (Wildman–Crippen MR) is 70.1 cm³/mol. The third-order valence-corrected chi connectivity index (χ3v) is 4.03. The van der Waals surface area contributed by atoms with Crippen molar-refractivity contribution in [2.75, 3.05) is 6.26 Å². The molecule has 0 fully saturated rings. The first-order valence-corrected chi connectivity index (χ1v) is 8.20. The molecule has 0 saturated heterocycles. The van der Waals surface area contributed by atoms with Gasteiger partial charge < -0.3 is 0 Å². The van der Waals surface area contributed by atoms with Crippen LogP contribution in [0.5, 0.6) is 0 Å². The number of fused-ring (bicyclic) bond motifs is 1. The van der Waals surface area contributed by atoms with Gasteiger partial charge in [-0.25, -0.2) is 18.5 Å². The van der Waals surface area contributed by atoms with Crippen molar-refractivity contribution >= 4 is 27.4 Å². The summed E-state index contributed by atoms with van der Waals surface area (Å²) in [5, 5.41) is 10.2. The van der Waals surface area contributed by atoms with Crippen LogP contribution in [0.1, 0.15) is 19.0 Å². The minimum Gasteiger partial charge on any atom is -0.231 e. The van der Waals surface area contributed by atoms with E-state index in [0.717, 1.165) is 6.42 Å². The number of primary sulfonamides is 1. The van der Waals surface area contributed by atoms with Crippen LogP contribution in [0.4, 0.5) is 0 Å². The Morgan fingerprint density at radius 3 is 2.72 bits per heavy atom. The molecule has 0 amide bonds. The van der Waals surface area contributed by atoms with Gasteiger partial charge in [-0.3, -0.25) is 0 Å². The van der Waals surface area contributed by atoms with Crippen molar-refractivity contribution in [1.82, 2.24) is 14.6 Å². The van der Waals surface area contributed by atoms with Gasteiger partial charge in [0, 0.05) is 0 Å². The smallest absolute Gasteiger partial charge is 0.231 e. The molecule has 2 aromatic heterocycles. The fraction of sp³-hybridized carbons (Fsp3) is 0.400. The summed E-state index contributed by atoms with van der Waals surface area (Å²) < 4.78 is 24.7. The lowest BCUT2D eigenvalue weighted by molar-refractivity contribution is 0.586. The molecule has 18 heavy (non-hydrogen) atoms. The van der Waals surface area contributed by atoms with Gasteiger partial charge in [0.25, 0.3) is 10.0 Å². The first-order valence-electron chi connectivity index (χ1n) is 5.42. The number of aromatic nitrogens is 3. The molecule has 0 saturated carbocycles. The number of nitrogens with zero attached hydrogens (tertiary/aromatic N) is 3. The van der Waals surface area contributed by atoms with Crippen LogP contribution in [0.25, 0.3) is 5.65 Å². The highest BCUT2D eigenvalue weighted by molar-refractivity contribution is 7.98. The van der Waals surface area contributed by atoms with Crippen LogP contribution in [-0.4, -0.2) is 29.3 Å². The van der Waals surface area contributed by atoms with Crippen molar-refractivity contribution in [3.63, 3.8) is 0 Å². The van der Waals surface area contributed by atoms with Gasteiger partial charge in [0.2, 0.25) is 0 Å². The van der Waals surface area contributed by atoms with Crippen LogP contribution in [0.3, 0.4) is 0 Å². The lowest BCUT2D eigenvalue weighted by atomic mass is 10.3. The SMILES string of the molecule is CCCc1nc2ccc(SC)nn2c1S(N)(=O)=O. The number of thioether (sulfide) groups is 1. The summed E-state index contributed by atoms with van der Waals surface area (Å²) in [4.78, 5) is 4.28. The summed E-state index contributed by atoms with van der Waals surface area (Å²) in [5.41, 5.74) is 0.978. The second-order valence-corrected chi connectivity index (χ2v) is 6.11. The first-order chi connectivity index (χ1) is 8.47. The van der Waals surface area contributed by atoms with Crippen LogP contribution in [0, 0.1) is 0 Å². The number of aryl methyl sites for hydroxylation is 1. The second kappa shape index (κ2) is 4.87. The number of hydrogen-bond donors (Lipinski definition) is 1. The number of rotatable bonds is 4. The van der Waals surface area contributed by atoms with Crippen molar-refractivity contribution in [3.05, 3.63) is 17.8 Å². The lowest BCUT2D eigenvalue weighted by Crippen LogP contribution is -2.17. The molecule has 0 bridgehead atoms. The maximum Gasteiger partial charge on any atom is 0.257 e. The van der Waals surface area contributed by atoms with E-state index in [4.69, 9.17) is 5.14 Å². The molecule has 0 atom stereocenters. The van der Waals surface area contributed by atoms with E-state index >= 15 is 0 Å². The van der Waals surface area contributed by atoms with Crippen molar-refractivity contribution in [1.29, 1.82) is 0 Å².